The van der Waals surface area contributed by atoms with Crippen molar-refractivity contribution in [2.75, 3.05) is 6.54 Å². The molecule has 3 heterocycles. The smallest absolute Gasteiger partial charge is 0.254 e. The molecular formula is C19H15N3OS2. The standard InChI is InChI=1S/C19H15N3OS2/c23-19(12-7-8-13-17(10-12)24-11-20-13)22-9-3-5-15(22)18-21-14-4-1-2-6-16(14)25-18/h1-2,4,6-8,10-11,15H,3,5,9H2/t15-/m1/s1. The van der Waals surface area contributed by atoms with Crippen LogP contribution in [-0.2, 0) is 0 Å². The number of thiazole rings is 2. The zero-order valence-corrected chi connectivity index (χ0v) is 15.0. The minimum Gasteiger partial charge on any atom is -0.329 e. The number of carbonyl (C=O) groups is 1. The molecule has 0 N–H and O–H groups in total. The maximum Gasteiger partial charge on any atom is 0.254 e. The summed E-state index contributed by atoms with van der Waals surface area (Å²) < 4.78 is 2.24. The zero-order chi connectivity index (χ0) is 16.8. The van der Waals surface area contributed by atoms with Gasteiger partial charge < -0.3 is 4.90 Å². The van der Waals surface area contributed by atoms with Crippen molar-refractivity contribution in [3.05, 3.63) is 58.5 Å². The van der Waals surface area contributed by atoms with Gasteiger partial charge in [-0.15, -0.1) is 22.7 Å². The van der Waals surface area contributed by atoms with E-state index in [1.54, 1.807) is 22.7 Å². The monoisotopic (exact) mass is 365 g/mol. The van der Waals surface area contributed by atoms with Crippen molar-refractivity contribution in [2.45, 2.75) is 18.9 Å². The van der Waals surface area contributed by atoms with E-state index in [9.17, 15) is 4.79 Å². The summed E-state index contributed by atoms with van der Waals surface area (Å²) in [6.45, 7) is 0.792. The Hall–Kier alpha value is -2.31. The van der Waals surface area contributed by atoms with Gasteiger partial charge >= 0.3 is 0 Å². The molecule has 1 aliphatic rings. The molecule has 1 aliphatic heterocycles. The molecule has 1 saturated heterocycles. The number of amides is 1. The first-order valence-corrected chi connectivity index (χ1v) is 9.99. The molecule has 124 valence electrons. The van der Waals surface area contributed by atoms with Crippen molar-refractivity contribution >= 4 is 49.0 Å². The molecule has 0 aliphatic carbocycles. The fourth-order valence-corrected chi connectivity index (χ4v) is 5.28. The Morgan fingerprint density at radius 1 is 1.12 bits per heavy atom. The highest BCUT2D eigenvalue weighted by molar-refractivity contribution is 7.18. The Bertz CT molecular complexity index is 1050. The highest BCUT2D eigenvalue weighted by Gasteiger charge is 2.32. The molecule has 0 spiro atoms. The normalized spacial score (nSPS) is 17.6. The Morgan fingerprint density at radius 2 is 2.04 bits per heavy atom. The van der Waals surface area contributed by atoms with E-state index in [2.05, 4.69) is 11.1 Å². The molecule has 6 heteroatoms. The van der Waals surface area contributed by atoms with Crippen LogP contribution in [0.4, 0.5) is 0 Å². The molecule has 4 nitrogen and oxygen atoms in total. The number of para-hydroxylation sites is 1. The van der Waals surface area contributed by atoms with Crippen molar-refractivity contribution in [3.8, 4) is 0 Å². The van der Waals surface area contributed by atoms with Gasteiger partial charge in [-0.25, -0.2) is 9.97 Å². The summed E-state index contributed by atoms with van der Waals surface area (Å²) >= 11 is 3.27. The average Bonchev–Trinajstić information content (AvgIpc) is 3.37. The number of nitrogens with zero attached hydrogens (tertiary/aromatic N) is 3. The molecule has 0 bridgehead atoms. The predicted molar refractivity (Wildman–Crippen MR) is 102 cm³/mol. The molecule has 4 aromatic rings. The summed E-state index contributed by atoms with van der Waals surface area (Å²) in [6, 6.07) is 14.0. The van der Waals surface area contributed by atoms with Gasteiger partial charge in [-0.3, -0.25) is 4.79 Å². The van der Waals surface area contributed by atoms with E-state index in [1.165, 1.54) is 4.70 Å². The van der Waals surface area contributed by atoms with E-state index in [1.807, 2.05) is 46.8 Å². The van der Waals surface area contributed by atoms with Gasteiger partial charge in [-0.1, -0.05) is 12.1 Å². The Morgan fingerprint density at radius 3 is 2.96 bits per heavy atom. The van der Waals surface area contributed by atoms with E-state index in [4.69, 9.17) is 4.98 Å². The van der Waals surface area contributed by atoms with Crippen LogP contribution in [0.2, 0.25) is 0 Å². The largest absolute Gasteiger partial charge is 0.329 e. The lowest BCUT2D eigenvalue weighted by Gasteiger charge is -2.23. The van der Waals surface area contributed by atoms with Crippen molar-refractivity contribution in [2.24, 2.45) is 0 Å². The van der Waals surface area contributed by atoms with Crippen LogP contribution in [0.1, 0.15) is 34.2 Å². The van der Waals surface area contributed by atoms with E-state index < -0.39 is 0 Å². The van der Waals surface area contributed by atoms with Crippen LogP contribution in [0.25, 0.3) is 20.4 Å². The maximum absolute atomic E-state index is 13.1. The second-order valence-corrected chi connectivity index (χ2v) is 8.16. The summed E-state index contributed by atoms with van der Waals surface area (Å²) in [4.78, 5) is 24.2. The first kappa shape index (κ1) is 15.0. The summed E-state index contributed by atoms with van der Waals surface area (Å²) in [6.07, 6.45) is 2.00. The van der Waals surface area contributed by atoms with E-state index in [0.717, 1.165) is 45.7 Å². The third-order valence-corrected chi connectivity index (χ3v) is 6.62. The molecule has 2 aromatic heterocycles. The molecule has 0 unspecified atom stereocenters. The minimum atomic E-state index is 0.0852. The van der Waals surface area contributed by atoms with Gasteiger partial charge in [0.15, 0.2) is 0 Å². The summed E-state index contributed by atoms with van der Waals surface area (Å²) in [7, 11) is 0. The van der Waals surface area contributed by atoms with Crippen molar-refractivity contribution in [1.29, 1.82) is 0 Å². The molecule has 5 rings (SSSR count). The summed E-state index contributed by atoms with van der Waals surface area (Å²) in [5, 5.41) is 1.05. The van der Waals surface area contributed by atoms with Gasteiger partial charge in [0, 0.05) is 12.1 Å². The molecule has 25 heavy (non-hydrogen) atoms. The third kappa shape index (κ3) is 2.53. The number of benzene rings is 2. The molecule has 1 atom stereocenters. The van der Waals surface area contributed by atoms with Gasteiger partial charge in [-0.2, -0.15) is 0 Å². The Labute approximate surface area is 152 Å². The van der Waals surface area contributed by atoms with Gasteiger partial charge in [-0.05, 0) is 43.2 Å². The van der Waals surface area contributed by atoms with Crippen LogP contribution in [0.3, 0.4) is 0 Å². The molecule has 1 amide bonds. The van der Waals surface area contributed by atoms with Gasteiger partial charge in [0.1, 0.15) is 5.01 Å². The lowest BCUT2D eigenvalue weighted by atomic mass is 10.1. The number of rotatable bonds is 2. The third-order valence-electron chi connectivity index (χ3n) is 4.69. The quantitative estimate of drug-likeness (QED) is 0.508. The number of carbonyl (C=O) groups excluding carboxylic acids is 1. The van der Waals surface area contributed by atoms with Crippen LogP contribution < -0.4 is 0 Å². The SMILES string of the molecule is O=C(c1ccc2ncsc2c1)N1CCC[C@@H]1c1nc2ccccc2s1. The first-order valence-electron chi connectivity index (χ1n) is 8.29. The van der Waals surface area contributed by atoms with Crippen LogP contribution in [0.15, 0.2) is 48.0 Å². The zero-order valence-electron chi connectivity index (χ0n) is 13.4. The van der Waals surface area contributed by atoms with Gasteiger partial charge in [0.05, 0.1) is 32.0 Å². The molecule has 2 aromatic carbocycles. The second-order valence-electron chi connectivity index (χ2n) is 6.21. The second kappa shape index (κ2) is 5.89. The van der Waals surface area contributed by atoms with E-state index in [-0.39, 0.29) is 11.9 Å². The summed E-state index contributed by atoms with van der Waals surface area (Å²) in [5.74, 6) is 0.0945. The molecule has 0 saturated carbocycles. The predicted octanol–water partition coefficient (Wildman–Crippen LogP) is 4.88. The topological polar surface area (TPSA) is 46.1 Å². The number of hydrogen-bond acceptors (Lipinski definition) is 5. The van der Waals surface area contributed by atoms with Crippen molar-refractivity contribution in [3.63, 3.8) is 0 Å². The first-order chi connectivity index (χ1) is 12.3. The Balaban J connectivity index is 1.50. The average molecular weight is 365 g/mol. The Kier molecular flexibility index (Phi) is 3.53. The van der Waals surface area contributed by atoms with Crippen LogP contribution in [-0.4, -0.2) is 27.3 Å². The number of hydrogen-bond donors (Lipinski definition) is 0. The summed E-state index contributed by atoms with van der Waals surface area (Å²) in [5.41, 5.74) is 4.53. The number of aromatic nitrogens is 2. The van der Waals surface area contributed by atoms with Crippen LogP contribution in [0, 0.1) is 0 Å². The molecule has 1 fully saturated rings. The van der Waals surface area contributed by atoms with Crippen molar-refractivity contribution < 1.29 is 4.79 Å². The lowest BCUT2D eigenvalue weighted by Crippen LogP contribution is -2.30. The van der Waals surface area contributed by atoms with E-state index >= 15 is 0 Å². The minimum absolute atomic E-state index is 0.0852. The van der Waals surface area contributed by atoms with E-state index in [0.29, 0.717) is 0 Å². The number of likely N-dealkylation sites (tertiary alicyclic amines) is 1. The fourth-order valence-electron chi connectivity index (χ4n) is 3.45. The highest BCUT2D eigenvalue weighted by Crippen LogP contribution is 2.37. The highest BCUT2D eigenvalue weighted by atomic mass is 32.1. The molecular weight excluding hydrogens is 350 g/mol. The maximum atomic E-state index is 13.1. The van der Waals surface area contributed by atoms with Gasteiger partial charge in [0.2, 0.25) is 0 Å². The fraction of sp³-hybridized carbons (Fsp3) is 0.211. The van der Waals surface area contributed by atoms with Crippen molar-refractivity contribution in [1.82, 2.24) is 14.9 Å². The van der Waals surface area contributed by atoms with Gasteiger partial charge in [0.25, 0.3) is 5.91 Å². The van der Waals surface area contributed by atoms with Crippen LogP contribution in [0.5, 0.6) is 0 Å². The van der Waals surface area contributed by atoms with Crippen LogP contribution >= 0.6 is 22.7 Å². The number of fused-ring (bicyclic) bond motifs is 2. The molecule has 0 radical (unpaired) electrons. The lowest BCUT2D eigenvalue weighted by molar-refractivity contribution is 0.0736.